The van der Waals surface area contributed by atoms with E-state index in [4.69, 9.17) is 12.2 Å². The number of rotatable bonds is 2. The Morgan fingerprint density at radius 2 is 1.83 bits per heavy atom. The van der Waals surface area contributed by atoms with Gasteiger partial charge in [0.2, 0.25) is 0 Å². The molecule has 2 aromatic rings. The van der Waals surface area contributed by atoms with Crippen LogP contribution in [0.25, 0.3) is 11.3 Å². The highest BCUT2D eigenvalue weighted by Crippen LogP contribution is 2.27. The van der Waals surface area contributed by atoms with Crippen LogP contribution in [0.3, 0.4) is 0 Å². The van der Waals surface area contributed by atoms with E-state index < -0.39 is 0 Å². The SMILES string of the molecule is C#CCn1c(C)nc(-c2cc(C)cc(C)c2)c1N. The van der Waals surface area contributed by atoms with Gasteiger partial charge in [0.05, 0.1) is 6.54 Å². The summed E-state index contributed by atoms with van der Waals surface area (Å²) in [5.41, 5.74) is 10.4. The number of imidazole rings is 1. The standard InChI is InChI=1S/C15H17N3/c1-5-6-18-12(4)17-14(15(18)16)13-8-10(2)7-11(3)9-13/h1,7-9H,6,16H2,2-4H3. The number of hydrogen-bond acceptors (Lipinski definition) is 2. The number of terminal acetylenes is 1. The Labute approximate surface area is 108 Å². The first-order valence-electron chi connectivity index (χ1n) is 5.87. The zero-order valence-corrected chi connectivity index (χ0v) is 11.0. The van der Waals surface area contributed by atoms with Gasteiger partial charge in [0, 0.05) is 5.56 Å². The first kappa shape index (κ1) is 12.3. The summed E-state index contributed by atoms with van der Waals surface area (Å²) in [6, 6.07) is 6.31. The summed E-state index contributed by atoms with van der Waals surface area (Å²) in [7, 11) is 0. The van der Waals surface area contributed by atoms with Crippen LogP contribution in [0.2, 0.25) is 0 Å². The molecule has 0 fully saturated rings. The quantitative estimate of drug-likeness (QED) is 0.819. The lowest BCUT2D eigenvalue weighted by atomic mass is 10.1. The molecule has 1 aromatic heterocycles. The normalized spacial score (nSPS) is 10.3. The highest BCUT2D eigenvalue weighted by Gasteiger charge is 2.13. The van der Waals surface area contributed by atoms with Crippen molar-refractivity contribution in [1.82, 2.24) is 9.55 Å². The van der Waals surface area contributed by atoms with Gasteiger partial charge in [0.25, 0.3) is 0 Å². The number of hydrogen-bond donors (Lipinski definition) is 1. The molecule has 0 atom stereocenters. The van der Waals surface area contributed by atoms with Crippen molar-refractivity contribution in [1.29, 1.82) is 0 Å². The summed E-state index contributed by atoms with van der Waals surface area (Å²) in [5, 5.41) is 0. The number of nitrogens with zero attached hydrogens (tertiary/aromatic N) is 2. The van der Waals surface area contributed by atoms with Gasteiger partial charge in [-0.2, -0.15) is 0 Å². The van der Waals surface area contributed by atoms with Gasteiger partial charge in [-0.3, -0.25) is 0 Å². The van der Waals surface area contributed by atoms with Crippen molar-refractivity contribution in [3.05, 3.63) is 35.2 Å². The lowest BCUT2D eigenvalue weighted by molar-refractivity contribution is 0.807. The monoisotopic (exact) mass is 239 g/mol. The van der Waals surface area contributed by atoms with Crippen LogP contribution in [0, 0.1) is 33.1 Å². The molecule has 0 aliphatic heterocycles. The number of benzene rings is 1. The molecule has 18 heavy (non-hydrogen) atoms. The zero-order valence-electron chi connectivity index (χ0n) is 11.0. The Bertz CT molecular complexity index is 610. The van der Waals surface area contributed by atoms with E-state index >= 15 is 0 Å². The van der Waals surface area contributed by atoms with Gasteiger partial charge < -0.3 is 10.3 Å². The minimum atomic E-state index is 0.454. The van der Waals surface area contributed by atoms with Crippen LogP contribution < -0.4 is 5.73 Å². The average molecular weight is 239 g/mol. The fourth-order valence-electron chi connectivity index (χ4n) is 2.20. The smallest absolute Gasteiger partial charge is 0.132 e. The number of aromatic nitrogens is 2. The van der Waals surface area contributed by atoms with Gasteiger partial charge in [-0.1, -0.05) is 23.1 Å². The third kappa shape index (κ3) is 2.10. The highest BCUT2D eigenvalue weighted by molar-refractivity contribution is 5.72. The molecule has 0 aliphatic rings. The van der Waals surface area contributed by atoms with Gasteiger partial charge in [0.15, 0.2) is 0 Å². The molecule has 2 N–H and O–H groups in total. The molecule has 3 heteroatoms. The van der Waals surface area contributed by atoms with Gasteiger partial charge >= 0.3 is 0 Å². The van der Waals surface area contributed by atoms with Gasteiger partial charge in [-0.25, -0.2) is 4.98 Å². The van der Waals surface area contributed by atoms with E-state index in [2.05, 4.69) is 43.0 Å². The summed E-state index contributed by atoms with van der Waals surface area (Å²) < 4.78 is 1.85. The fraction of sp³-hybridized carbons (Fsp3) is 0.267. The van der Waals surface area contributed by atoms with E-state index in [1.807, 2.05) is 11.5 Å². The summed E-state index contributed by atoms with van der Waals surface area (Å²) in [5.74, 6) is 4.08. The summed E-state index contributed by atoms with van der Waals surface area (Å²) in [6.07, 6.45) is 5.34. The van der Waals surface area contributed by atoms with Crippen LogP contribution in [-0.4, -0.2) is 9.55 Å². The highest BCUT2D eigenvalue weighted by atomic mass is 15.1. The molecule has 0 amide bonds. The number of nitrogen functional groups attached to an aromatic ring is 1. The Kier molecular flexibility index (Phi) is 3.12. The molecule has 92 valence electrons. The van der Waals surface area contributed by atoms with Crippen LogP contribution >= 0.6 is 0 Å². The van der Waals surface area contributed by atoms with Crippen LogP contribution in [-0.2, 0) is 6.54 Å². The average Bonchev–Trinajstić information content (AvgIpc) is 2.56. The van der Waals surface area contributed by atoms with Crippen molar-refractivity contribution >= 4 is 5.82 Å². The predicted molar refractivity (Wildman–Crippen MR) is 75.1 cm³/mol. The second-order valence-electron chi connectivity index (χ2n) is 4.56. The van der Waals surface area contributed by atoms with Gasteiger partial charge in [-0.15, -0.1) is 6.42 Å². The van der Waals surface area contributed by atoms with Gasteiger partial charge in [-0.05, 0) is 32.9 Å². The summed E-state index contributed by atoms with van der Waals surface area (Å²) in [4.78, 5) is 4.52. The second-order valence-corrected chi connectivity index (χ2v) is 4.56. The Morgan fingerprint density at radius 1 is 1.22 bits per heavy atom. The van der Waals surface area contributed by atoms with Crippen molar-refractivity contribution in [2.24, 2.45) is 0 Å². The number of anilines is 1. The molecule has 0 spiro atoms. The third-order valence-corrected chi connectivity index (χ3v) is 2.94. The van der Waals surface area contributed by atoms with Crippen LogP contribution in [0.4, 0.5) is 5.82 Å². The second kappa shape index (κ2) is 4.58. The van der Waals surface area contributed by atoms with E-state index in [1.165, 1.54) is 11.1 Å². The van der Waals surface area contributed by atoms with Crippen LogP contribution in [0.1, 0.15) is 17.0 Å². The summed E-state index contributed by atoms with van der Waals surface area (Å²) >= 11 is 0. The van der Waals surface area contributed by atoms with Crippen molar-refractivity contribution in [3.8, 4) is 23.6 Å². The van der Waals surface area contributed by atoms with Crippen LogP contribution in [0.15, 0.2) is 18.2 Å². The molecule has 0 radical (unpaired) electrons. The van der Waals surface area contributed by atoms with Crippen molar-refractivity contribution in [3.63, 3.8) is 0 Å². The first-order valence-corrected chi connectivity index (χ1v) is 5.87. The van der Waals surface area contributed by atoms with E-state index in [0.717, 1.165) is 17.1 Å². The van der Waals surface area contributed by atoms with Crippen molar-refractivity contribution in [2.45, 2.75) is 27.3 Å². The maximum atomic E-state index is 6.13. The van der Waals surface area contributed by atoms with E-state index in [0.29, 0.717) is 12.4 Å². The maximum Gasteiger partial charge on any atom is 0.132 e. The van der Waals surface area contributed by atoms with Crippen molar-refractivity contribution < 1.29 is 0 Å². The molecule has 0 saturated heterocycles. The van der Waals surface area contributed by atoms with E-state index in [9.17, 15) is 0 Å². The van der Waals surface area contributed by atoms with E-state index in [-0.39, 0.29) is 0 Å². The Balaban J connectivity index is 2.58. The molecule has 1 heterocycles. The minimum Gasteiger partial charge on any atom is -0.383 e. The minimum absolute atomic E-state index is 0.454. The largest absolute Gasteiger partial charge is 0.383 e. The lowest BCUT2D eigenvalue weighted by Crippen LogP contribution is -2.03. The molecule has 3 nitrogen and oxygen atoms in total. The zero-order chi connectivity index (χ0) is 13.3. The van der Waals surface area contributed by atoms with Gasteiger partial charge in [0.1, 0.15) is 17.3 Å². The molecule has 0 aliphatic carbocycles. The van der Waals surface area contributed by atoms with E-state index in [1.54, 1.807) is 0 Å². The van der Waals surface area contributed by atoms with Crippen molar-refractivity contribution in [2.75, 3.05) is 5.73 Å². The predicted octanol–water partition coefficient (Wildman–Crippen LogP) is 2.69. The third-order valence-electron chi connectivity index (χ3n) is 2.94. The summed E-state index contributed by atoms with van der Waals surface area (Å²) in [6.45, 7) is 6.51. The molecule has 0 bridgehead atoms. The first-order chi connectivity index (χ1) is 8.52. The molecule has 0 saturated carbocycles. The molecular formula is C15H17N3. The molecule has 0 unspecified atom stereocenters. The lowest BCUT2D eigenvalue weighted by Gasteiger charge is -2.05. The van der Waals surface area contributed by atoms with Crippen LogP contribution in [0.5, 0.6) is 0 Å². The maximum absolute atomic E-state index is 6.13. The molecule has 2 rings (SSSR count). The molecular weight excluding hydrogens is 222 g/mol. The number of aryl methyl sites for hydroxylation is 3. The fourth-order valence-corrected chi connectivity index (χ4v) is 2.20. The Morgan fingerprint density at radius 3 is 2.39 bits per heavy atom. The molecule has 1 aromatic carbocycles. The topological polar surface area (TPSA) is 43.8 Å². The number of nitrogens with two attached hydrogens (primary N) is 1. The Hall–Kier alpha value is -2.21.